The van der Waals surface area contributed by atoms with Gasteiger partial charge in [0.05, 0.1) is 31.1 Å². The lowest BCUT2D eigenvalue weighted by Gasteiger charge is -2.26. The van der Waals surface area contributed by atoms with Crippen molar-refractivity contribution in [3.63, 3.8) is 0 Å². The molecule has 0 spiro atoms. The van der Waals surface area contributed by atoms with E-state index in [0.29, 0.717) is 40.9 Å². The molecule has 4 rings (SSSR count). The highest BCUT2D eigenvalue weighted by molar-refractivity contribution is 6.01. The number of aliphatic imine (C=N–C) groups is 1. The molecular weight excluding hydrogens is 406 g/mol. The summed E-state index contributed by atoms with van der Waals surface area (Å²) < 4.78 is 12.2. The Morgan fingerprint density at radius 2 is 1.81 bits per heavy atom. The van der Waals surface area contributed by atoms with Gasteiger partial charge in [-0.1, -0.05) is 18.2 Å². The van der Waals surface area contributed by atoms with E-state index >= 15 is 0 Å². The zero-order valence-electron chi connectivity index (χ0n) is 18.4. The Balaban J connectivity index is 1.62. The van der Waals surface area contributed by atoms with Crippen molar-refractivity contribution in [3.05, 3.63) is 64.4 Å². The molecule has 0 saturated carbocycles. The Bertz CT molecular complexity index is 1130. The minimum Gasteiger partial charge on any atom is -0.494 e. The van der Waals surface area contributed by atoms with Crippen molar-refractivity contribution < 1.29 is 14.6 Å². The van der Waals surface area contributed by atoms with Gasteiger partial charge in [0.25, 0.3) is 5.56 Å². The number of fused-ring (bicyclic) bond motifs is 1. The van der Waals surface area contributed by atoms with E-state index in [-0.39, 0.29) is 11.4 Å². The maximum atomic E-state index is 13.2. The fraction of sp³-hybridized carbons (Fsp3) is 0.360. The van der Waals surface area contributed by atoms with Crippen molar-refractivity contribution in [1.82, 2.24) is 9.47 Å². The molecule has 0 amide bonds. The number of rotatable bonds is 8. The zero-order valence-corrected chi connectivity index (χ0v) is 18.4. The maximum Gasteiger partial charge on any atom is 0.265 e. The van der Waals surface area contributed by atoms with Crippen LogP contribution in [-0.2, 0) is 4.74 Å². The third kappa shape index (κ3) is 4.84. The van der Waals surface area contributed by atoms with Crippen LogP contribution in [0.25, 0.3) is 16.5 Å². The van der Waals surface area contributed by atoms with Gasteiger partial charge in [-0.15, -0.1) is 0 Å². The first-order chi connectivity index (χ1) is 15.7. The van der Waals surface area contributed by atoms with Crippen LogP contribution in [0.5, 0.6) is 11.6 Å². The van der Waals surface area contributed by atoms with E-state index in [2.05, 4.69) is 9.89 Å². The van der Waals surface area contributed by atoms with Crippen LogP contribution in [0, 0.1) is 0 Å². The van der Waals surface area contributed by atoms with Crippen molar-refractivity contribution in [3.8, 4) is 17.3 Å². The molecule has 32 heavy (non-hydrogen) atoms. The fourth-order valence-corrected chi connectivity index (χ4v) is 3.95. The molecule has 1 aliphatic rings. The molecule has 0 aliphatic carbocycles. The number of aromatic nitrogens is 1. The van der Waals surface area contributed by atoms with Crippen LogP contribution >= 0.6 is 0 Å². The molecule has 2 aromatic carbocycles. The average molecular weight is 436 g/mol. The highest BCUT2D eigenvalue weighted by Gasteiger charge is 2.16. The Morgan fingerprint density at radius 1 is 1.09 bits per heavy atom. The van der Waals surface area contributed by atoms with Gasteiger partial charge in [-0.25, -0.2) is 4.57 Å². The summed E-state index contributed by atoms with van der Waals surface area (Å²) in [7, 11) is 0. The van der Waals surface area contributed by atoms with Gasteiger partial charge in [-0.2, -0.15) is 0 Å². The van der Waals surface area contributed by atoms with Crippen molar-refractivity contribution in [2.24, 2.45) is 4.99 Å². The average Bonchev–Trinajstić information content (AvgIpc) is 2.83. The zero-order chi connectivity index (χ0) is 22.3. The van der Waals surface area contributed by atoms with Gasteiger partial charge in [-0.05, 0) is 43.7 Å². The van der Waals surface area contributed by atoms with E-state index in [0.717, 1.165) is 39.3 Å². The van der Waals surface area contributed by atoms with Crippen LogP contribution in [0.2, 0.25) is 0 Å². The summed E-state index contributed by atoms with van der Waals surface area (Å²) >= 11 is 0. The number of morpholine rings is 1. The summed E-state index contributed by atoms with van der Waals surface area (Å²) in [4.78, 5) is 20.1. The molecular formula is C25H29N3O4. The second-order valence-corrected chi connectivity index (χ2v) is 7.69. The van der Waals surface area contributed by atoms with Gasteiger partial charge in [0, 0.05) is 43.2 Å². The number of hydrogen-bond donors (Lipinski definition) is 1. The smallest absolute Gasteiger partial charge is 0.265 e. The summed E-state index contributed by atoms with van der Waals surface area (Å²) in [5.41, 5.74) is 0.843. The molecule has 1 aliphatic heterocycles. The molecule has 7 nitrogen and oxygen atoms in total. The molecule has 0 unspecified atom stereocenters. The topological polar surface area (TPSA) is 76.3 Å². The first kappa shape index (κ1) is 22.0. The summed E-state index contributed by atoms with van der Waals surface area (Å²) in [6.45, 7) is 7.59. The lowest BCUT2D eigenvalue weighted by atomic mass is 10.1. The van der Waals surface area contributed by atoms with Crippen molar-refractivity contribution in [1.29, 1.82) is 0 Å². The van der Waals surface area contributed by atoms with Crippen LogP contribution in [0.4, 0.5) is 0 Å². The molecule has 1 N–H and O–H groups in total. The maximum absolute atomic E-state index is 13.2. The summed E-state index contributed by atoms with van der Waals surface area (Å²) in [6, 6.07) is 14.4. The van der Waals surface area contributed by atoms with E-state index in [1.165, 1.54) is 4.57 Å². The van der Waals surface area contributed by atoms with Gasteiger partial charge in [0.1, 0.15) is 5.75 Å². The minimum absolute atomic E-state index is 0.116. The van der Waals surface area contributed by atoms with Gasteiger partial charge >= 0.3 is 0 Å². The number of ether oxygens (including phenoxy) is 2. The number of nitrogens with zero attached hydrogens (tertiary/aromatic N) is 3. The largest absolute Gasteiger partial charge is 0.494 e. The Kier molecular flexibility index (Phi) is 7.19. The summed E-state index contributed by atoms with van der Waals surface area (Å²) in [5.74, 6) is 0.599. The predicted molar refractivity (Wildman–Crippen MR) is 127 cm³/mol. The highest BCUT2D eigenvalue weighted by Crippen LogP contribution is 2.26. The first-order valence-corrected chi connectivity index (χ1v) is 11.1. The molecule has 2 heterocycles. The minimum atomic E-state index is -0.272. The van der Waals surface area contributed by atoms with Crippen LogP contribution in [0.3, 0.4) is 0 Å². The monoisotopic (exact) mass is 435 g/mol. The third-order valence-corrected chi connectivity index (χ3v) is 5.60. The SMILES string of the molecule is CCOc1ccc(-n2c(O)c(C=NCCCN3CCOCC3)c3ccccc3c2=O)cc1. The molecule has 0 bridgehead atoms. The molecule has 168 valence electrons. The second-order valence-electron chi connectivity index (χ2n) is 7.69. The number of hydrogen-bond acceptors (Lipinski definition) is 6. The Morgan fingerprint density at radius 3 is 2.53 bits per heavy atom. The lowest BCUT2D eigenvalue weighted by Crippen LogP contribution is -2.37. The van der Waals surface area contributed by atoms with Crippen molar-refractivity contribution in [2.45, 2.75) is 13.3 Å². The standard InChI is InChI=1S/C25H29N3O4/c1-2-32-20-10-8-19(9-11-20)28-24(29)22-7-4-3-6-21(22)23(25(28)30)18-26-12-5-13-27-14-16-31-17-15-27/h3-4,6-11,18,30H,2,5,12-17H2,1H3. The number of benzene rings is 2. The van der Waals surface area contributed by atoms with Crippen LogP contribution < -0.4 is 10.3 Å². The van der Waals surface area contributed by atoms with E-state index in [1.807, 2.05) is 25.1 Å². The van der Waals surface area contributed by atoms with Gasteiger partial charge in [-0.3, -0.25) is 14.7 Å². The summed E-state index contributed by atoms with van der Waals surface area (Å²) in [6.07, 6.45) is 2.61. The molecule has 1 aromatic heterocycles. The van der Waals surface area contributed by atoms with Crippen LogP contribution in [-0.4, -0.2) is 66.8 Å². The third-order valence-electron chi connectivity index (χ3n) is 5.60. The van der Waals surface area contributed by atoms with Crippen molar-refractivity contribution >= 4 is 17.0 Å². The number of pyridine rings is 1. The molecule has 7 heteroatoms. The molecule has 3 aromatic rings. The molecule has 0 atom stereocenters. The van der Waals surface area contributed by atoms with Gasteiger partial charge < -0.3 is 14.6 Å². The molecule has 1 fully saturated rings. The van der Waals surface area contributed by atoms with Gasteiger partial charge in [0.2, 0.25) is 5.88 Å². The number of aromatic hydroxyl groups is 1. The Hall–Kier alpha value is -3.16. The van der Waals surface area contributed by atoms with Gasteiger partial charge in [0.15, 0.2) is 0 Å². The molecule has 1 saturated heterocycles. The van der Waals surface area contributed by atoms with E-state index in [1.54, 1.807) is 36.5 Å². The normalized spacial score (nSPS) is 14.9. The van der Waals surface area contributed by atoms with E-state index in [9.17, 15) is 9.90 Å². The van der Waals surface area contributed by atoms with Crippen molar-refractivity contribution in [2.75, 3.05) is 46.0 Å². The fourth-order valence-electron chi connectivity index (χ4n) is 3.95. The molecule has 0 radical (unpaired) electrons. The predicted octanol–water partition coefficient (Wildman–Crippen LogP) is 3.24. The van der Waals surface area contributed by atoms with Crippen LogP contribution in [0.15, 0.2) is 58.3 Å². The Labute approximate surface area is 187 Å². The summed E-state index contributed by atoms with van der Waals surface area (Å²) in [5, 5.41) is 12.3. The lowest BCUT2D eigenvalue weighted by molar-refractivity contribution is 0.0377. The second kappa shape index (κ2) is 10.4. The highest BCUT2D eigenvalue weighted by atomic mass is 16.5. The van der Waals surface area contributed by atoms with Crippen LogP contribution in [0.1, 0.15) is 18.9 Å². The van der Waals surface area contributed by atoms with E-state index < -0.39 is 0 Å². The van der Waals surface area contributed by atoms with E-state index in [4.69, 9.17) is 9.47 Å². The quantitative estimate of drug-likeness (QED) is 0.434. The first-order valence-electron chi connectivity index (χ1n) is 11.1.